The molecule has 4 aromatic rings. The highest BCUT2D eigenvalue weighted by molar-refractivity contribution is 7.99. The number of aromatic nitrogens is 4. The van der Waals surface area contributed by atoms with Gasteiger partial charge in [-0.2, -0.15) is 11.8 Å². The van der Waals surface area contributed by atoms with Crippen molar-refractivity contribution in [2.45, 2.75) is 31.9 Å². The van der Waals surface area contributed by atoms with E-state index in [1.165, 1.54) is 22.7 Å². The Balaban J connectivity index is 1.11. The van der Waals surface area contributed by atoms with Gasteiger partial charge in [-0.25, -0.2) is 0 Å². The molecule has 2 aromatic carbocycles. The fraction of sp³-hybridized carbons (Fsp3) is 0.393. The third-order valence-corrected chi connectivity index (χ3v) is 8.89. The lowest BCUT2D eigenvalue weighted by molar-refractivity contribution is -0.115. The molecule has 0 radical (unpaired) electrons. The van der Waals surface area contributed by atoms with Crippen LogP contribution in [-0.2, 0) is 30.5 Å². The molecule has 13 heteroatoms. The summed E-state index contributed by atoms with van der Waals surface area (Å²) in [7, 11) is 7.98. The highest BCUT2D eigenvalue weighted by Gasteiger charge is 2.12. The zero-order chi connectivity index (χ0) is 29.2. The Labute approximate surface area is 253 Å². The van der Waals surface area contributed by atoms with Crippen LogP contribution in [0.1, 0.15) is 21.1 Å². The lowest BCUT2D eigenvalue weighted by Crippen LogP contribution is -2.21. The van der Waals surface area contributed by atoms with E-state index in [1.807, 2.05) is 98.3 Å². The Hall–Kier alpha value is -3.26. The maximum Gasteiger partial charge on any atom is 0.230 e. The van der Waals surface area contributed by atoms with Gasteiger partial charge in [0, 0.05) is 58.8 Å². The van der Waals surface area contributed by atoms with E-state index in [1.54, 1.807) is 0 Å². The number of aliphatic hydroxyl groups excluding tert-OH is 1. The fourth-order valence-electron chi connectivity index (χ4n) is 3.85. The van der Waals surface area contributed by atoms with Crippen molar-refractivity contribution in [3.63, 3.8) is 0 Å². The summed E-state index contributed by atoms with van der Waals surface area (Å²) in [5.74, 6) is 1.71. The maximum absolute atomic E-state index is 12.4. The first-order valence-electron chi connectivity index (χ1n) is 13.2. The van der Waals surface area contributed by atoms with E-state index in [4.69, 9.17) is 0 Å². The highest BCUT2D eigenvalue weighted by atomic mass is 32.2. The minimum Gasteiger partial charge on any atom is -0.378 e. The monoisotopic (exact) mass is 612 g/mol. The molecule has 0 saturated heterocycles. The smallest absolute Gasteiger partial charge is 0.230 e. The number of benzene rings is 2. The molecule has 0 aliphatic heterocycles. The summed E-state index contributed by atoms with van der Waals surface area (Å²) < 4.78 is 0. The first kappa shape index (κ1) is 30.7. The van der Waals surface area contributed by atoms with Gasteiger partial charge in [0.1, 0.15) is 16.2 Å². The topological polar surface area (TPSA) is 119 Å². The van der Waals surface area contributed by atoms with E-state index >= 15 is 0 Å². The largest absolute Gasteiger partial charge is 0.378 e. The van der Waals surface area contributed by atoms with Crippen LogP contribution in [0.3, 0.4) is 0 Å². The molecule has 10 nitrogen and oxygen atoms in total. The average Bonchev–Trinajstić information content (AvgIpc) is 3.58. The summed E-state index contributed by atoms with van der Waals surface area (Å²) in [5.41, 5.74) is 4.22. The number of nitrogens with zero attached hydrogens (tertiary/aromatic N) is 6. The molecule has 2 aromatic heterocycles. The molecule has 0 bridgehead atoms. The average molecular weight is 613 g/mol. The normalized spacial score (nSPS) is 11.7. The predicted octanol–water partition coefficient (Wildman–Crippen LogP) is 4.19. The summed E-state index contributed by atoms with van der Waals surface area (Å²) in [6, 6.07) is 16.1. The van der Waals surface area contributed by atoms with Gasteiger partial charge >= 0.3 is 0 Å². The maximum atomic E-state index is 12.4. The minimum absolute atomic E-state index is 0.100. The lowest BCUT2D eigenvalue weighted by Gasteiger charge is -2.14. The second-order valence-electron chi connectivity index (χ2n) is 9.83. The van der Waals surface area contributed by atoms with Crippen molar-refractivity contribution in [3.8, 4) is 0 Å². The van der Waals surface area contributed by atoms with Gasteiger partial charge in [0.05, 0.1) is 6.42 Å². The quantitative estimate of drug-likeness (QED) is 0.133. The van der Waals surface area contributed by atoms with E-state index < -0.39 is 6.23 Å². The summed E-state index contributed by atoms with van der Waals surface area (Å²) in [6.07, 6.45) is 1.64. The van der Waals surface area contributed by atoms with Gasteiger partial charge in [0.2, 0.25) is 16.2 Å². The SMILES string of the molecule is CN(C)c1ccc(CC(=O)Nc2nnc(CCSCCc3nnc(NC(O)Cc4ccc(N(C)C)cc4)s3)s2)cc1. The summed E-state index contributed by atoms with van der Waals surface area (Å²) in [6.45, 7) is 0. The first-order valence-corrected chi connectivity index (χ1v) is 16.0. The van der Waals surface area contributed by atoms with E-state index in [2.05, 4.69) is 31.0 Å². The van der Waals surface area contributed by atoms with Crippen LogP contribution < -0.4 is 20.4 Å². The molecule has 0 spiro atoms. The summed E-state index contributed by atoms with van der Waals surface area (Å²) >= 11 is 4.70. The Bertz CT molecular complexity index is 1370. The molecule has 0 fully saturated rings. The molecule has 218 valence electrons. The van der Waals surface area contributed by atoms with Crippen LogP contribution in [0.5, 0.6) is 0 Å². The summed E-state index contributed by atoms with van der Waals surface area (Å²) in [4.78, 5) is 16.5. The number of hydrogen-bond acceptors (Lipinski definition) is 12. The number of thioether (sulfide) groups is 1. The molecule has 0 saturated carbocycles. The zero-order valence-electron chi connectivity index (χ0n) is 23.7. The molecule has 41 heavy (non-hydrogen) atoms. The van der Waals surface area contributed by atoms with E-state index in [9.17, 15) is 9.90 Å². The molecular weight excluding hydrogens is 577 g/mol. The number of amides is 1. The number of aliphatic hydroxyl groups is 1. The van der Waals surface area contributed by atoms with Crippen molar-refractivity contribution < 1.29 is 9.90 Å². The van der Waals surface area contributed by atoms with Gasteiger partial charge in [-0.1, -0.05) is 46.9 Å². The highest BCUT2D eigenvalue weighted by Crippen LogP contribution is 2.21. The number of carbonyl (C=O) groups excluding carboxylic acids is 1. The number of anilines is 4. The van der Waals surface area contributed by atoms with Crippen LogP contribution in [0.25, 0.3) is 0 Å². The third-order valence-electron chi connectivity index (χ3n) is 6.09. The Morgan fingerprint density at radius 1 is 0.805 bits per heavy atom. The number of carbonyl (C=O) groups is 1. The van der Waals surface area contributed by atoms with Crippen molar-refractivity contribution in [2.75, 3.05) is 60.1 Å². The number of rotatable bonds is 15. The van der Waals surface area contributed by atoms with Crippen LogP contribution in [-0.4, -0.2) is 77.3 Å². The Morgan fingerprint density at radius 3 is 1.88 bits per heavy atom. The van der Waals surface area contributed by atoms with Crippen LogP contribution in [0, 0.1) is 0 Å². The molecule has 0 aliphatic carbocycles. The van der Waals surface area contributed by atoms with Crippen molar-refractivity contribution in [3.05, 3.63) is 69.7 Å². The van der Waals surface area contributed by atoms with Gasteiger partial charge < -0.3 is 25.5 Å². The van der Waals surface area contributed by atoms with E-state index in [-0.39, 0.29) is 5.91 Å². The number of hydrogen-bond donors (Lipinski definition) is 3. The molecule has 1 atom stereocenters. The molecule has 0 aliphatic rings. The van der Waals surface area contributed by atoms with Crippen LogP contribution in [0.15, 0.2) is 48.5 Å². The van der Waals surface area contributed by atoms with Gasteiger partial charge in [0.25, 0.3) is 0 Å². The predicted molar refractivity (Wildman–Crippen MR) is 172 cm³/mol. The molecule has 1 amide bonds. The third kappa shape index (κ3) is 9.95. The second kappa shape index (κ2) is 15.1. The van der Waals surface area contributed by atoms with Crippen LogP contribution in [0.4, 0.5) is 21.6 Å². The molecule has 1 unspecified atom stereocenters. The van der Waals surface area contributed by atoms with Crippen molar-refractivity contribution >= 4 is 62.0 Å². The number of nitrogens with one attached hydrogen (secondary N) is 2. The van der Waals surface area contributed by atoms with Crippen molar-refractivity contribution in [2.24, 2.45) is 0 Å². The van der Waals surface area contributed by atoms with Gasteiger partial charge in [0.15, 0.2) is 0 Å². The standard InChI is InChI=1S/C28H36N8O2S3/c1-35(2)21-9-5-19(6-10-21)17-23(37)29-27-33-31-25(40-27)13-15-39-16-14-26-32-34-28(41-26)30-24(38)18-20-7-11-22(12-8-20)36(3)4/h5-12,23,37H,13-18H2,1-4H3,(H,29,33)(H,30,34,38). The molecule has 2 heterocycles. The van der Waals surface area contributed by atoms with Gasteiger partial charge in [-0.3, -0.25) is 4.79 Å². The summed E-state index contributed by atoms with van der Waals surface area (Å²) in [5, 5.41) is 36.1. The van der Waals surface area contributed by atoms with E-state index in [0.29, 0.717) is 23.1 Å². The van der Waals surface area contributed by atoms with E-state index in [0.717, 1.165) is 56.9 Å². The zero-order valence-corrected chi connectivity index (χ0v) is 26.2. The minimum atomic E-state index is -0.730. The van der Waals surface area contributed by atoms with Crippen molar-refractivity contribution in [1.29, 1.82) is 0 Å². The fourth-order valence-corrected chi connectivity index (χ4v) is 6.53. The van der Waals surface area contributed by atoms with Crippen LogP contribution in [0.2, 0.25) is 0 Å². The first-order chi connectivity index (χ1) is 19.7. The van der Waals surface area contributed by atoms with Crippen molar-refractivity contribution in [1.82, 2.24) is 20.4 Å². The van der Waals surface area contributed by atoms with Crippen LogP contribution >= 0.6 is 34.4 Å². The molecule has 3 N–H and O–H groups in total. The molecule has 4 rings (SSSR count). The Kier molecular flexibility index (Phi) is 11.3. The van der Waals surface area contributed by atoms with Gasteiger partial charge in [-0.05, 0) is 46.9 Å². The number of aryl methyl sites for hydroxylation is 2. The Morgan fingerprint density at radius 2 is 1.32 bits per heavy atom. The van der Waals surface area contributed by atoms with Gasteiger partial charge in [-0.15, -0.1) is 20.4 Å². The molecular formula is C28H36N8O2S3. The lowest BCUT2D eigenvalue weighted by atomic mass is 10.1. The second-order valence-corrected chi connectivity index (χ2v) is 13.2.